The fraction of sp³-hybridized carbons (Fsp3) is 0.320. The number of aromatic nitrogens is 3. The zero-order valence-electron chi connectivity index (χ0n) is 18.1. The lowest BCUT2D eigenvalue weighted by Gasteiger charge is -2.33. The summed E-state index contributed by atoms with van der Waals surface area (Å²) in [6.07, 6.45) is 3.40. The summed E-state index contributed by atoms with van der Waals surface area (Å²) >= 11 is 12.0. The van der Waals surface area contributed by atoms with Crippen molar-refractivity contribution in [3.05, 3.63) is 59.8 Å². The average Bonchev–Trinajstić information content (AvgIpc) is 3.24. The third-order valence-electron chi connectivity index (χ3n) is 6.45. The van der Waals surface area contributed by atoms with Crippen LogP contribution in [0.2, 0.25) is 5.15 Å². The molecule has 0 unspecified atom stereocenters. The SMILES string of the molecule is CNC(=S)N1CCC(CCn2c(-c3ccccc3)nc3c(Cl)nc4ccccc4c32)CC1. The van der Waals surface area contributed by atoms with Crippen LogP contribution in [0.15, 0.2) is 54.6 Å². The van der Waals surface area contributed by atoms with E-state index >= 15 is 0 Å². The number of pyridine rings is 1. The molecule has 164 valence electrons. The van der Waals surface area contributed by atoms with Gasteiger partial charge >= 0.3 is 0 Å². The predicted octanol–water partition coefficient (Wildman–Crippen LogP) is 5.51. The lowest BCUT2D eigenvalue weighted by Crippen LogP contribution is -2.43. The van der Waals surface area contributed by atoms with Crippen molar-refractivity contribution in [1.82, 2.24) is 24.8 Å². The van der Waals surface area contributed by atoms with Crippen LogP contribution in [0.3, 0.4) is 0 Å². The molecule has 5 nitrogen and oxygen atoms in total. The molecule has 0 radical (unpaired) electrons. The maximum absolute atomic E-state index is 6.61. The molecule has 1 aliphatic rings. The maximum Gasteiger partial charge on any atom is 0.168 e. The smallest absolute Gasteiger partial charge is 0.168 e. The minimum Gasteiger partial charge on any atom is -0.366 e. The van der Waals surface area contributed by atoms with Crippen molar-refractivity contribution < 1.29 is 0 Å². The van der Waals surface area contributed by atoms with Gasteiger partial charge in [-0.3, -0.25) is 0 Å². The highest BCUT2D eigenvalue weighted by Crippen LogP contribution is 2.34. The van der Waals surface area contributed by atoms with Gasteiger partial charge < -0.3 is 14.8 Å². The molecule has 2 aromatic carbocycles. The zero-order valence-corrected chi connectivity index (χ0v) is 19.7. The van der Waals surface area contributed by atoms with E-state index in [-0.39, 0.29) is 0 Å². The van der Waals surface area contributed by atoms with Crippen molar-refractivity contribution >= 4 is 50.9 Å². The monoisotopic (exact) mass is 463 g/mol. The first kappa shape index (κ1) is 21.2. The van der Waals surface area contributed by atoms with Gasteiger partial charge in [-0.05, 0) is 43.5 Å². The van der Waals surface area contributed by atoms with Crippen LogP contribution in [-0.2, 0) is 6.54 Å². The van der Waals surface area contributed by atoms with Gasteiger partial charge in [-0.25, -0.2) is 9.97 Å². The first-order chi connectivity index (χ1) is 15.7. The Morgan fingerprint density at radius 2 is 1.78 bits per heavy atom. The Labute approximate surface area is 198 Å². The van der Waals surface area contributed by atoms with Crippen molar-refractivity contribution in [2.45, 2.75) is 25.8 Å². The second-order valence-corrected chi connectivity index (χ2v) is 9.09. The molecule has 0 amide bonds. The highest BCUT2D eigenvalue weighted by molar-refractivity contribution is 7.80. The molecule has 0 aliphatic carbocycles. The first-order valence-corrected chi connectivity index (χ1v) is 11.9. The van der Waals surface area contributed by atoms with Gasteiger partial charge in [0.25, 0.3) is 0 Å². The van der Waals surface area contributed by atoms with Gasteiger partial charge in [0.2, 0.25) is 0 Å². The van der Waals surface area contributed by atoms with E-state index in [9.17, 15) is 0 Å². The van der Waals surface area contributed by atoms with Crippen LogP contribution in [0, 0.1) is 5.92 Å². The van der Waals surface area contributed by atoms with Gasteiger partial charge in [-0.1, -0.05) is 60.1 Å². The second kappa shape index (κ2) is 9.04. The number of nitrogens with one attached hydrogen (secondary N) is 1. The quantitative estimate of drug-likeness (QED) is 0.319. The summed E-state index contributed by atoms with van der Waals surface area (Å²) in [5.41, 5.74) is 3.85. The van der Waals surface area contributed by atoms with E-state index < -0.39 is 0 Å². The Bertz CT molecular complexity index is 1260. The van der Waals surface area contributed by atoms with Gasteiger partial charge in [0.05, 0.1) is 11.0 Å². The Kier molecular flexibility index (Phi) is 5.98. The number of thiocarbonyl (C=S) groups is 1. The average molecular weight is 464 g/mol. The van der Waals surface area contributed by atoms with Crippen LogP contribution < -0.4 is 5.32 Å². The molecule has 1 aliphatic heterocycles. The van der Waals surface area contributed by atoms with E-state index in [4.69, 9.17) is 28.8 Å². The maximum atomic E-state index is 6.61. The van der Waals surface area contributed by atoms with Crippen LogP contribution in [0.1, 0.15) is 19.3 Å². The summed E-state index contributed by atoms with van der Waals surface area (Å²) in [4.78, 5) is 11.8. The number of piperidine rings is 1. The van der Waals surface area contributed by atoms with Crippen LogP contribution >= 0.6 is 23.8 Å². The highest BCUT2D eigenvalue weighted by atomic mass is 35.5. The summed E-state index contributed by atoms with van der Waals surface area (Å²) in [5, 5.41) is 5.50. The molecular formula is C25H26ClN5S. The normalized spacial score (nSPS) is 14.9. The van der Waals surface area contributed by atoms with E-state index in [0.29, 0.717) is 11.1 Å². The van der Waals surface area contributed by atoms with E-state index in [1.807, 2.05) is 25.2 Å². The summed E-state index contributed by atoms with van der Waals surface area (Å²) in [6.45, 7) is 2.92. The molecular weight excluding hydrogens is 438 g/mol. The molecule has 0 bridgehead atoms. The third kappa shape index (κ3) is 3.93. The first-order valence-electron chi connectivity index (χ1n) is 11.1. The largest absolute Gasteiger partial charge is 0.366 e. The zero-order chi connectivity index (χ0) is 22.1. The van der Waals surface area contributed by atoms with E-state index in [1.54, 1.807) is 0 Å². The Hall–Kier alpha value is -2.70. The molecule has 4 aromatic rings. The second-order valence-electron chi connectivity index (χ2n) is 8.34. The lowest BCUT2D eigenvalue weighted by molar-refractivity contribution is 0.249. The third-order valence-corrected chi connectivity index (χ3v) is 7.18. The number of benzene rings is 2. The summed E-state index contributed by atoms with van der Waals surface area (Å²) in [5.74, 6) is 1.62. The van der Waals surface area contributed by atoms with Crippen molar-refractivity contribution in [1.29, 1.82) is 0 Å². The lowest BCUT2D eigenvalue weighted by atomic mass is 9.93. The van der Waals surface area contributed by atoms with Crippen LogP contribution in [0.5, 0.6) is 0 Å². The highest BCUT2D eigenvalue weighted by Gasteiger charge is 2.23. The summed E-state index contributed by atoms with van der Waals surface area (Å²) < 4.78 is 2.35. The molecule has 0 spiro atoms. The number of para-hydroxylation sites is 1. The summed E-state index contributed by atoms with van der Waals surface area (Å²) in [7, 11) is 1.90. The molecule has 0 atom stereocenters. The predicted molar refractivity (Wildman–Crippen MR) is 136 cm³/mol. The number of hydrogen-bond acceptors (Lipinski definition) is 3. The molecule has 3 heterocycles. The van der Waals surface area contributed by atoms with Crippen LogP contribution in [0.4, 0.5) is 0 Å². The fourth-order valence-electron chi connectivity index (χ4n) is 4.72. The summed E-state index contributed by atoms with van der Waals surface area (Å²) in [6, 6.07) is 18.5. The topological polar surface area (TPSA) is 46.0 Å². The van der Waals surface area contributed by atoms with Gasteiger partial charge in [-0.2, -0.15) is 0 Å². The van der Waals surface area contributed by atoms with E-state index in [1.165, 1.54) is 0 Å². The van der Waals surface area contributed by atoms with Gasteiger partial charge in [-0.15, -0.1) is 0 Å². The fourth-order valence-corrected chi connectivity index (χ4v) is 5.13. The van der Waals surface area contributed by atoms with Crippen molar-refractivity contribution in [3.63, 3.8) is 0 Å². The molecule has 1 saturated heterocycles. The van der Waals surface area contributed by atoms with Crippen molar-refractivity contribution in [2.24, 2.45) is 5.92 Å². The van der Waals surface area contributed by atoms with Crippen molar-refractivity contribution in [3.8, 4) is 11.4 Å². The number of fused-ring (bicyclic) bond motifs is 3. The Morgan fingerprint density at radius 3 is 2.53 bits per heavy atom. The van der Waals surface area contributed by atoms with Gasteiger partial charge in [0.15, 0.2) is 10.3 Å². The molecule has 0 saturated carbocycles. The number of aryl methyl sites for hydroxylation is 1. The van der Waals surface area contributed by atoms with E-state index in [0.717, 1.165) is 77.3 Å². The number of imidazole rings is 1. The van der Waals surface area contributed by atoms with Gasteiger partial charge in [0, 0.05) is 37.6 Å². The number of hydrogen-bond donors (Lipinski definition) is 1. The molecule has 5 rings (SSSR count). The van der Waals surface area contributed by atoms with Crippen LogP contribution in [-0.4, -0.2) is 44.7 Å². The molecule has 32 heavy (non-hydrogen) atoms. The van der Waals surface area contributed by atoms with Crippen molar-refractivity contribution in [2.75, 3.05) is 20.1 Å². The minimum atomic E-state index is 0.462. The molecule has 7 heteroatoms. The Morgan fingerprint density at radius 1 is 1.06 bits per heavy atom. The standard InChI is InChI=1S/C25H26ClN5S/c1-27-25(32)30-14-11-17(12-15-30)13-16-31-22-19-9-5-6-10-20(19)28-23(26)21(22)29-24(31)18-7-3-2-4-8-18/h2-10,17H,11-16H2,1H3,(H,27,32). The molecule has 1 N–H and O–H groups in total. The van der Waals surface area contributed by atoms with E-state index in [2.05, 4.69) is 56.2 Å². The van der Waals surface area contributed by atoms with Crippen LogP contribution in [0.25, 0.3) is 33.3 Å². The number of likely N-dealkylation sites (tertiary alicyclic amines) is 1. The number of rotatable bonds is 4. The Balaban J connectivity index is 1.52. The van der Waals surface area contributed by atoms with Gasteiger partial charge in [0.1, 0.15) is 11.3 Å². The molecule has 1 fully saturated rings. The minimum absolute atomic E-state index is 0.462. The number of nitrogens with zero attached hydrogens (tertiary/aromatic N) is 4. The number of halogens is 1. The molecule has 2 aromatic heterocycles.